The van der Waals surface area contributed by atoms with E-state index in [-0.39, 0.29) is 16.7 Å². The van der Waals surface area contributed by atoms with Gasteiger partial charge < -0.3 is 9.84 Å². The van der Waals surface area contributed by atoms with Gasteiger partial charge in [0.1, 0.15) is 0 Å². The van der Waals surface area contributed by atoms with Crippen LogP contribution in [-0.4, -0.2) is 42.1 Å². The summed E-state index contributed by atoms with van der Waals surface area (Å²) in [7, 11) is 3.73. The molecular formula is C24H48NO3+. The summed E-state index contributed by atoms with van der Waals surface area (Å²) in [6.07, 6.45) is 20.5. The molecule has 0 fully saturated rings. The van der Waals surface area contributed by atoms with Crippen LogP contribution in [0, 0.1) is 0 Å². The van der Waals surface area contributed by atoms with Gasteiger partial charge in [0, 0.05) is 20.3 Å². The summed E-state index contributed by atoms with van der Waals surface area (Å²) in [5, 5.41) is 9.76. The lowest BCUT2D eigenvalue weighted by Crippen LogP contribution is -2.55. The second-order valence-corrected chi connectivity index (χ2v) is 8.68. The quantitative estimate of drug-likeness (QED) is 0.0965. The van der Waals surface area contributed by atoms with Gasteiger partial charge >= 0.3 is 5.97 Å². The number of rotatable bonds is 18. The van der Waals surface area contributed by atoms with Gasteiger partial charge in [-0.1, -0.05) is 70.4 Å². The summed E-state index contributed by atoms with van der Waals surface area (Å²) in [6.45, 7) is 5.82. The molecule has 0 rings (SSSR count). The minimum atomic E-state index is -0.567. The zero-order valence-corrected chi connectivity index (χ0v) is 19.4. The molecule has 0 aromatic rings. The second kappa shape index (κ2) is 17.0. The molecule has 4 heteroatoms. The van der Waals surface area contributed by atoms with Gasteiger partial charge in [-0.15, -0.1) is 0 Å². The summed E-state index contributed by atoms with van der Waals surface area (Å²) in [5.74, 6) is -0.156. The Bertz CT molecular complexity index is 405. The van der Waals surface area contributed by atoms with E-state index in [0.29, 0.717) is 6.42 Å². The fraction of sp³-hybridized carbons (Fsp3) is 0.875. The van der Waals surface area contributed by atoms with E-state index in [2.05, 4.69) is 19.1 Å². The maximum atomic E-state index is 11.9. The van der Waals surface area contributed by atoms with Crippen molar-refractivity contribution in [3.05, 3.63) is 12.2 Å². The molecule has 0 spiro atoms. The number of hydrogen-bond donors (Lipinski definition) is 1. The minimum Gasteiger partial charge on any atom is -0.413 e. The van der Waals surface area contributed by atoms with Crippen molar-refractivity contribution in [3.63, 3.8) is 0 Å². The van der Waals surface area contributed by atoms with Crippen molar-refractivity contribution in [3.8, 4) is 0 Å². The lowest BCUT2D eigenvalue weighted by Gasteiger charge is -2.37. The van der Waals surface area contributed by atoms with Gasteiger partial charge in [-0.2, -0.15) is 0 Å². The normalized spacial score (nSPS) is 14.4. The molecule has 0 amide bonds. The molecule has 0 aliphatic heterocycles. The number of unbranched alkanes of at least 4 members (excludes halogenated alkanes) is 11. The molecule has 0 radical (unpaired) electrons. The molecular weight excluding hydrogens is 350 g/mol. The standard InChI is InChI=1S/C24H48NO3/c1-6-7-8-9-10-11-12-13-14-15-16-17-18-19-20-21-24(27)28-23(3)25(4,5)22(2)26/h13-14,22-23,26H,6-12,15-21H2,1-5H3/q+1/b14-13-. The number of ether oxygens (including phenoxy) is 1. The van der Waals surface area contributed by atoms with Crippen LogP contribution in [0.25, 0.3) is 0 Å². The number of esters is 1. The van der Waals surface area contributed by atoms with Crippen LogP contribution in [-0.2, 0) is 9.53 Å². The number of quaternary nitrogens is 1. The lowest BCUT2D eigenvalue weighted by atomic mass is 10.1. The van der Waals surface area contributed by atoms with Crippen LogP contribution in [0.15, 0.2) is 12.2 Å². The highest BCUT2D eigenvalue weighted by atomic mass is 16.6. The van der Waals surface area contributed by atoms with E-state index in [0.717, 1.165) is 12.8 Å². The zero-order chi connectivity index (χ0) is 21.3. The highest BCUT2D eigenvalue weighted by Crippen LogP contribution is 2.14. The molecule has 2 atom stereocenters. The highest BCUT2D eigenvalue weighted by molar-refractivity contribution is 5.69. The fourth-order valence-electron chi connectivity index (χ4n) is 3.03. The minimum absolute atomic E-state index is 0.156. The van der Waals surface area contributed by atoms with Crippen molar-refractivity contribution >= 4 is 5.97 Å². The maximum Gasteiger partial charge on any atom is 0.310 e. The van der Waals surface area contributed by atoms with Crippen LogP contribution in [0.2, 0.25) is 0 Å². The smallest absolute Gasteiger partial charge is 0.310 e. The molecule has 0 bridgehead atoms. The molecule has 0 aromatic heterocycles. The Labute approximate surface area is 174 Å². The first kappa shape index (κ1) is 27.1. The fourth-order valence-corrected chi connectivity index (χ4v) is 3.03. The number of aliphatic hydroxyl groups is 1. The van der Waals surface area contributed by atoms with Gasteiger partial charge in [0.25, 0.3) is 0 Å². The molecule has 0 aliphatic carbocycles. The van der Waals surface area contributed by atoms with Crippen LogP contribution >= 0.6 is 0 Å². The molecule has 4 nitrogen and oxygen atoms in total. The predicted octanol–water partition coefficient (Wildman–Crippen LogP) is 6.33. The zero-order valence-electron chi connectivity index (χ0n) is 19.4. The number of nitrogens with zero attached hydrogens (tertiary/aromatic N) is 1. The molecule has 0 saturated heterocycles. The van der Waals surface area contributed by atoms with Crippen molar-refractivity contribution in [2.75, 3.05) is 14.1 Å². The van der Waals surface area contributed by atoms with E-state index >= 15 is 0 Å². The molecule has 1 N–H and O–H groups in total. The largest absolute Gasteiger partial charge is 0.413 e. The monoisotopic (exact) mass is 398 g/mol. The average Bonchev–Trinajstić information content (AvgIpc) is 2.64. The predicted molar refractivity (Wildman–Crippen MR) is 119 cm³/mol. The van der Waals surface area contributed by atoms with Gasteiger partial charge in [-0.25, -0.2) is 0 Å². The lowest BCUT2D eigenvalue weighted by molar-refractivity contribution is -0.972. The van der Waals surface area contributed by atoms with E-state index in [4.69, 9.17) is 4.74 Å². The van der Waals surface area contributed by atoms with Crippen molar-refractivity contribution in [1.82, 2.24) is 0 Å². The molecule has 0 saturated carbocycles. The Morgan fingerprint density at radius 2 is 1.32 bits per heavy atom. The number of carbonyl (C=O) groups excluding carboxylic acids is 1. The van der Waals surface area contributed by atoms with E-state index < -0.39 is 6.23 Å². The summed E-state index contributed by atoms with van der Waals surface area (Å²) in [5.41, 5.74) is 0. The molecule has 0 aromatic carbocycles. The van der Waals surface area contributed by atoms with Crippen LogP contribution in [0.4, 0.5) is 0 Å². The topological polar surface area (TPSA) is 46.5 Å². The molecule has 166 valence electrons. The van der Waals surface area contributed by atoms with Crippen LogP contribution in [0.1, 0.15) is 111 Å². The number of carbonyl (C=O) groups is 1. The Hall–Kier alpha value is -0.870. The number of hydrogen-bond acceptors (Lipinski definition) is 3. The van der Waals surface area contributed by atoms with Crippen LogP contribution < -0.4 is 0 Å². The molecule has 0 aliphatic rings. The van der Waals surface area contributed by atoms with Crippen molar-refractivity contribution in [2.45, 2.75) is 123 Å². The highest BCUT2D eigenvalue weighted by Gasteiger charge is 2.31. The first-order valence-electron chi connectivity index (χ1n) is 11.7. The Kier molecular flexibility index (Phi) is 16.5. The van der Waals surface area contributed by atoms with Crippen molar-refractivity contribution in [2.24, 2.45) is 0 Å². The maximum absolute atomic E-state index is 11.9. The molecule has 0 heterocycles. The second-order valence-electron chi connectivity index (χ2n) is 8.68. The summed E-state index contributed by atoms with van der Waals surface area (Å²) < 4.78 is 5.72. The van der Waals surface area contributed by atoms with Gasteiger partial charge in [0.05, 0.1) is 14.1 Å². The third kappa shape index (κ3) is 14.2. The number of allylic oxidation sites excluding steroid dienone is 2. The summed E-state index contributed by atoms with van der Waals surface area (Å²) >= 11 is 0. The third-order valence-electron chi connectivity index (χ3n) is 5.84. The van der Waals surface area contributed by atoms with E-state index in [9.17, 15) is 9.90 Å². The third-order valence-corrected chi connectivity index (χ3v) is 5.84. The molecule has 2 unspecified atom stereocenters. The Morgan fingerprint density at radius 1 is 0.857 bits per heavy atom. The Balaban J connectivity index is 3.50. The van der Waals surface area contributed by atoms with E-state index in [1.165, 1.54) is 70.6 Å². The number of aliphatic hydroxyl groups excluding tert-OH is 1. The van der Waals surface area contributed by atoms with Crippen LogP contribution in [0.3, 0.4) is 0 Å². The van der Waals surface area contributed by atoms with E-state index in [1.807, 2.05) is 21.0 Å². The Morgan fingerprint density at radius 3 is 1.82 bits per heavy atom. The summed E-state index contributed by atoms with van der Waals surface area (Å²) in [6, 6.07) is 0. The van der Waals surface area contributed by atoms with Gasteiger partial charge in [-0.3, -0.25) is 9.28 Å². The first-order chi connectivity index (χ1) is 13.3. The van der Waals surface area contributed by atoms with Crippen LogP contribution in [0.5, 0.6) is 0 Å². The average molecular weight is 399 g/mol. The van der Waals surface area contributed by atoms with Gasteiger partial charge in [0.2, 0.25) is 6.23 Å². The molecule has 28 heavy (non-hydrogen) atoms. The van der Waals surface area contributed by atoms with Crippen molar-refractivity contribution in [1.29, 1.82) is 0 Å². The SMILES string of the molecule is CCCCCCCC/C=C\CCCCCCCC(=O)OC(C)[N+](C)(C)C(C)O. The van der Waals surface area contributed by atoms with Gasteiger partial charge in [0.15, 0.2) is 6.23 Å². The van der Waals surface area contributed by atoms with E-state index in [1.54, 1.807) is 6.92 Å². The summed E-state index contributed by atoms with van der Waals surface area (Å²) in [4.78, 5) is 11.9. The van der Waals surface area contributed by atoms with Crippen molar-refractivity contribution < 1.29 is 19.1 Å². The van der Waals surface area contributed by atoms with Gasteiger partial charge in [-0.05, 0) is 32.1 Å². The first-order valence-corrected chi connectivity index (χ1v) is 11.7.